The number of nitriles is 1. The molecule has 2 rings (SSSR count). The Morgan fingerprint density at radius 2 is 2.38 bits per heavy atom. The van der Waals surface area contributed by atoms with Crippen molar-refractivity contribution in [1.29, 1.82) is 5.26 Å². The van der Waals surface area contributed by atoms with Gasteiger partial charge in [0.2, 0.25) is 0 Å². The van der Waals surface area contributed by atoms with Crippen molar-refractivity contribution in [3.05, 3.63) is 34.9 Å². The number of nitrogens with zero attached hydrogens (tertiary/aromatic N) is 2. The van der Waals surface area contributed by atoms with E-state index in [-0.39, 0.29) is 12.5 Å². The van der Waals surface area contributed by atoms with Gasteiger partial charge in [-0.3, -0.25) is 4.79 Å². The minimum Gasteiger partial charge on any atom is -0.360 e. The van der Waals surface area contributed by atoms with E-state index in [0.29, 0.717) is 25.3 Å². The molecule has 5 nitrogen and oxygen atoms in total. The Labute approximate surface area is 124 Å². The van der Waals surface area contributed by atoms with Gasteiger partial charge in [0.1, 0.15) is 0 Å². The summed E-state index contributed by atoms with van der Waals surface area (Å²) in [6.45, 7) is 3.40. The van der Waals surface area contributed by atoms with Crippen LogP contribution >= 0.6 is 0 Å². The van der Waals surface area contributed by atoms with Gasteiger partial charge in [0.05, 0.1) is 25.8 Å². The van der Waals surface area contributed by atoms with Gasteiger partial charge in [-0.1, -0.05) is 17.9 Å². The molecule has 1 aliphatic heterocycles. The summed E-state index contributed by atoms with van der Waals surface area (Å²) in [6.07, 6.45) is -0.551. The Morgan fingerprint density at radius 3 is 3.10 bits per heavy atom. The van der Waals surface area contributed by atoms with Crippen LogP contribution in [0.1, 0.15) is 21.5 Å². The number of carbonyl (C=O) groups is 1. The third kappa shape index (κ3) is 3.61. The van der Waals surface area contributed by atoms with Gasteiger partial charge in [0, 0.05) is 17.7 Å². The average molecular weight is 283 g/mol. The number of carbonyl (C=O) groups excluding carboxylic acids is 1. The standard InChI is InChI=1S/C16H17N3O2/c1-12-4-5-14(9-13(12)3-2-6-17)16(20)19-7-8-21-15(10-18)11-19/h4-5,9,15H,6-8,11,17H2,1H3. The molecule has 5 heteroatoms. The Balaban J connectivity index is 2.21. The average Bonchev–Trinajstić information content (AvgIpc) is 2.53. The summed E-state index contributed by atoms with van der Waals surface area (Å²) in [5, 5.41) is 8.90. The van der Waals surface area contributed by atoms with Crippen molar-refractivity contribution >= 4 is 5.91 Å². The van der Waals surface area contributed by atoms with Crippen molar-refractivity contribution in [2.24, 2.45) is 5.73 Å². The second kappa shape index (κ2) is 6.90. The third-order valence-corrected chi connectivity index (χ3v) is 3.31. The zero-order valence-electron chi connectivity index (χ0n) is 11.9. The van der Waals surface area contributed by atoms with Crippen LogP contribution in [0.25, 0.3) is 0 Å². The molecule has 0 saturated carbocycles. The quantitative estimate of drug-likeness (QED) is 0.768. The van der Waals surface area contributed by atoms with E-state index in [1.165, 1.54) is 0 Å². The number of rotatable bonds is 1. The first-order valence-corrected chi connectivity index (χ1v) is 6.75. The smallest absolute Gasteiger partial charge is 0.254 e. The highest BCUT2D eigenvalue weighted by Gasteiger charge is 2.24. The minimum atomic E-state index is -0.551. The van der Waals surface area contributed by atoms with Crippen molar-refractivity contribution in [2.45, 2.75) is 13.0 Å². The largest absolute Gasteiger partial charge is 0.360 e. The molecule has 1 aliphatic rings. The summed E-state index contributed by atoms with van der Waals surface area (Å²) in [6, 6.07) is 7.46. The third-order valence-electron chi connectivity index (χ3n) is 3.31. The number of hydrogen-bond donors (Lipinski definition) is 1. The maximum Gasteiger partial charge on any atom is 0.254 e. The Kier molecular flexibility index (Phi) is 4.94. The van der Waals surface area contributed by atoms with Crippen molar-refractivity contribution < 1.29 is 9.53 Å². The van der Waals surface area contributed by atoms with E-state index in [9.17, 15) is 4.79 Å². The number of nitrogens with two attached hydrogens (primary N) is 1. The highest BCUT2D eigenvalue weighted by atomic mass is 16.5. The molecule has 108 valence electrons. The fraction of sp³-hybridized carbons (Fsp3) is 0.375. The molecule has 0 aliphatic carbocycles. The highest BCUT2D eigenvalue weighted by Crippen LogP contribution is 2.14. The van der Waals surface area contributed by atoms with Gasteiger partial charge in [-0.05, 0) is 24.6 Å². The van der Waals surface area contributed by atoms with Gasteiger partial charge in [0.25, 0.3) is 5.91 Å². The van der Waals surface area contributed by atoms with Crippen LogP contribution in [0.15, 0.2) is 18.2 Å². The lowest BCUT2D eigenvalue weighted by Gasteiger charge is -2.29. The van der Waals surface area contributed by atoms with Crippen LogP contribution in [0.2, 0.25) is 0 Å². The van der Waals surface area contributed by atoms with Gasteiger partial charge < -0.3 is 15.4 Å². The zero-order chi connectivity index (χ0) is 15.2. The van der Waals surface area contributed by atoms with Gasteiger partial charge in [0.15, 0.2) is 6.10 Å². The molecule has 1 aromatic carbocycles. The number of ether oxygens (including phenoxy) is 1. The summed E-state index contributed by atoms with van der Waals surface area (Å²) in [7, 11) is 0. The number of hydrogen-bond acceptors (Lipinski definition) is 4. The number of aryl methyl sites for hydroxylation is 1. The van der Waals surface area contributed by atoms with Crippen LogP contribution in [0.3, 0.4) is 0 Å². The second-order valence-corrected chi connectivity index (χ2v) is 4.78. The van der Waals surface area contributed by atoms with Gasteiger partial charge in [-0.2, -0.15) is 5.26 Å². The van der Waals surface area contributed by atoms with Gasteiger partial charge >= 0.3 is 0 Å². The Hall–Kier alpha value is -2.34. The molecular weight excluding hydrogens is 266 g/mol. The van der Waals surface area contributed by atoms with E-state index in [2.05, 4.69) is 11.8 Å². The lowest BCUT2D eigenvalue weighted by molar-refractivity contribution is 0.00346. The van der Waals surface area contributed by atoms with Crippen LogP contribution in [0.4, 0.5) is 0 Å². The van der Waals surface area contributed by atoms with Crippen molar-refractivity contribution in [3.8, 4) is 17.9 Å². The first kappa shape index (κ1) is 15.1. The monoisotopic (exact) mass is 283 g/mol. The first-order chi connectivity index (χ1) is 10.2. The molecular formula is C16H17N3O2. The van der Waals surface area contributed by atoms with E-state index in [1.54, 1.807) is 17.0 Å². The van der Waals surface area contributed by atoms with Crippen molar-refractivity contribution in [1.82, 2.24) is 4.90 Å². The lowest BCUT2D eigenvalue weighted by Crippen LogP contribution is -2.45. The highest BCUT2D eigenvalue weighted by molar-refractivity contribution is 5.94. The molecule has 0 aromatic heterocycles. The molecule has 1 unspecified atom stereocenters. The molecule has 1 amide bonds. The number of amides is 1. The summed E-state index contributed by atoms with van der Waals surface area (Å²) >= 11 is 0. The van der Waals surface area contributed by atoms with Crippen molar-refractivity contribution in [3.63, 3.8) is 0 Å². The summed E-state index contributed by atoms with van der Waals surface area (Å²) < 4.78 is 5.25. The Morgan fingerprint density at radius 1 is 1.57 bits per heavy atom. The zero-order valence-corrected chi connectivity index (χ0v) is 11.9. The first-order valence-electron chi connectivity index (χ1n) is 6.75. The summed E-state index contributed by atoms with van der Waals surface area (Å²) in [4.78, 5) is 14.1. The summed E-state index contributed by atoms with van der Waals surface area (Å²) in [5.74, 6) is 5.66. The maximum absolute atomic E-state index is 12.5. The topological polar surface area (TPSA) is 79.3 Å². The van der Waals surface area contributed by atoms with E-state index >= 15 is 0 Å². The number of benzene rings is 1. The SMILES string of the molecule is Cc1ccc(C(=O)N2CCOC(C#N)C2)cc1C#CCN. The van der Waals surface area contributed by atoms with Crippen molar-refractivity contribution in [2.75, 3.05) is 26.2 Å². The predicted octanol–water partition coefficient (Wildman–Crippen LogP) is 0.670. The van der Waals surface area contributed by atoms with Crippen LogP contribution in [0.5, 0.6) is 0 Å². The molecule has 1 saturated heterocycles. The molecule has 1 aromatic rings. The molecule has 0 spiro atoms. The fourth-order valence-corrected chi connectivity index (χ4v) is 2.13. The van der Waals surface area contributed by atoms with Crippen LogP contribution in [-0.2, 0) is 4.74 Å². The Bertz CT molecular complexity index is 637. The predicted molar refractivity (Wildman–Crippen MR) is 78.4 cm³/mol. The van der Waals surface area contributed by atoms with E-state index in [4.69, 9.17) is 15.7 Å². The van der Waals surface area contributed by atoms with Crippen LogP contribution in [-0.4, -0.2) is 43.2 Å². The molecule has 1 heterocycles. The maximum atomic E-state index is 12.5. The van der Waals surface area contributed by atoms with E-state index in [1.807, 2.05) is 19.1 Å². The molecule has 1 atom stereocenters. The van der Waals surface area contributed by atoms with E-state index < -0.39 is 6.10 Å². The molecule has 0 bridgehead atoms. The molecule has 1 fully saturated rings. The number of morpholine rings is 1. The minimum absolute atomic E-state index is 0.102. The van der Waals surface area contributed by atoms with Gasteiger partial charge in [-0.25, -0.2) is 0 Å². The molecule has 21 heavy (non-hydrogen) atoms. The molecule has 0 radical (unpaired) electrons. The molecule has 2 N–H and O–H groups in total. The van der Waals surface area contributed by atoms with Crippen LogP contribution < -0.4 is 5.73 Å². The normalized spacial score (nSPS) is 17.6. The second-order valence-electron chi connectivity index (χ2n) is 4.78. The van der Waals surface area contributed by atoms with Crippen LogP contribution in [0, 0.1) is 30.1 Å². The fourth-order valence-electron chi connectivity index (χ4n) is 2.13. The van der Waals surface area contributed by atoms with Gasteiger partial charge in [-0.15, -0.1) is 0 Å². The van der Waals surface area contributed by atoms with E-state index in [0.717, 1.165) is 11.1 Å². The lowest BCUT2D eigenvalue weighted by atomic mass is 10.0. The summed E-state index contributed by atoms with van der Waals surface area (Å²) in [5.41, 5.74) is 7.75.